The molecule has 0 aliphatic heterocycles. The Morgan fingerprint density at radius 3 is 2.58 bits per heavy atom. The fourth-order valence-electron chi connectivity index (χ4n) is 0.913. The summed E-state index contributed by atoms with van der Waals surface area (Å²) in [5.74, 6) is -0.612. The number of para-hydroxylation sites is 1. The summed E-state index contributed by atoms with van der Waals surface area (Å²) in [7, 11) is 1.30. The van der Waals surface area contributed by atoms with Gasteiger partial charge in [0.2, 0.25) is 0 Å². The highest BCUT2D eigenvalue weighted by molar-refractivity contribution is 9.09. The third-order valence-electron chi connectivity index (χ3n) is 1.44. The molecule has 0 bridgehead atoms. The highest BCUT2D eigenvalue weighted by Crippen LogP contribution is 2.33. The van der Waals surface area contributed by atoms with Gasteiger partial charge in [-0.1, -0.05) is 12.1 Å². The molecular formula is C8H7BrF2O. The Morgan fingerprint density at radius 1 is 1.50 bits per heavy atom. The van der Waals surface area contributed by atoms with Crippen molar-refractivity contribution in [2.75, 3.05) is 7.11 Å². The van der Waals surface area contributed by atoms with E-state index in [9.17, 15) is 8.78 Å². The van der Waals surface area contributed by atoms with Gasteiger partial charge in [0.15, 0.2) is 16.6 Å². The van der Waals surface area contributed by atoms with E-state index in [1.54, 1.807) is 0 Å². The van der Waals surface area contributed by atoms with Gasteiger partial charge in [0, 0.05) is 5.56 Å². The second kappa shape index (κ2) is 3.85. The van der Waals surface area contributed by atoms with Gasteiger partial charge in [0.1, 0.15) is 0 Å². The van der Waals surface area contributed by atoms with Crippen LogP contribution in [0.2, 0.25) is 0 Å². The number of halogens is 3. The zero-order valence-corrected chi connectivity index (χ0v) is 7.94. The van der Waals surface area contributed by atoms with Crippen LogP contribution in [0.15, 0.2) is 18.2 Å². The SMILES string of the molecule is COc1c(F)cccc1C(F)Br. The molecule has 0 heterocycles. The highest BCUT2D eigenvalue weighted by atomic mass is 79.9. The monoisotopic (exact) mass is 236 g/mol. The number of benzene rings is 1. The molecule has 0 saturated carbocycles. The molecule has 0 aliphatic rings. The molecule has 12 heavy (non-hydrogen) atoms. The van der Waals surface area contributed by atoms with Crippen molar-refractivity contribution in [3.05, 3.63) is 29.6 Å². The van der Waals surface area contributed by atoms with Crippen LogP contribution in [-0.4, -0.2) is 7.11 Å². The summed E-state index contributed by atoms with van der Waals surface area (Å²) in [5.41, 5.74) is 0.164. The molecule has 0 amide bonds. The van der Waals surface area contributed by atoms with E-state index in [-0.39, 0.29) is 11.3 Å². The van der Waals surface area contributed by atoms with Gasteiger partial charge in [-0.25, -0.2) is 8.78 Å². The van der Waals surface area contributed by atoms with Crippen molar-refractivity contribution in [2.24, 2.45) is 0 Å². The second-order valence-electron chi connectivity index (χ2n) is 2.16. The lowest BCUT2D eigenvalue weighted by Crippen LogP contribution is -1.94. The van der Waals surface area contributed by atoms with Crippen molar-refractivity contribution < 1.29 is 13.5 Å². The lowest BCUT2D eigenvalue weighted by molar-refractivity contribution is 0.368. The van der Waals surface area contributed by atoms with Crippen LogP contribution in [0.3, 0.4) is 0 Å². The fraction of sp³-hybridized carbons (Fsp3) is 0.250. The zero-order valence-electron chi connectivity index (χ0n) is 6.35. The Hall–Kier alpha value is -0.640. The van der Waals surface area contributed by atoms with Gasteiger partial charge in [-0.05, 0) is 22.0 Å². The first-order valence-corrected chi connectivity index (χ1v) is 4.19. The molecule has 1 rings (SSSR count). The maximum absolute atomic E-state index is 12.9. The standard InChI is InChI=1S/C8H7BrF2O/c1-12-7-5(8(9)11)3-2-4-6(7)10/h2-4,8H,1H3. The van der Waals surface area contributed by atoms with Crippen LogP contribution in [0.25, 0.3) is 0 Å². The van der Waals surface area contributed by atoms with Crippen LogP contribution in [0, 0.1) is 5.82 Å². The molecule has 4 heteroatoms. The zero-order chi connectivity index (χ0) is 9.14. The van der Waals surface area contributed by atoms with Crippen LogP contribution in [0.5, 0.6) is 5.75 Å². The van der Waals surface area contributed by atoms with Crippen LogP contribution >= 0.6 is 15.9 Å². The smallest absolute Gasteiger partial charge is 0.183 e. The van der Waals surface area contributed by atoms with Crippen molar-refractivity contribution in [1.82, 2.24) is 0 Å². The van der Waals surface area contributed by atoms with Gasteiger partial charge in [-0.15, -0.1) is 0 Å². The molecule has 0 N–H and O–H groups in total. The van der Waals surface area contributed by atoms with Crippen molar-refractivity contribution in [2.45, 2.75) is 5.08 Å². The first-order valence-electron chi connectivity index (χ1n) is 3.27. The Labute approximate surface area is 77.5 Å². The summed E-state index contributed by atoms with van der Waals surface area (Å²) < 4.78 is 30.3. The molecule has 66 valence electrons. The van der Waals surface area contributed by atoms with Crippen LogP contribution in [-0.2, 0) is 0 Å². The lowest BCUT2D eigenvalue weighted by Gasteiger charge is -2.08. The number of hydrogen-bond acceptors (Lipinski definition) is 1. The molecule has 0 saturated heterocycles. The first-order chi connectivity index (χ1) is 5.66. The second-order valence-corrected chi connectivity index (χ2v) is 2.97. The van der Waals surface area contributed by atoms with E-state index < -0.39 is 10.9 Å². The fourth-order valence-corrected chi connectivity index (χ4v) is 1.27. The summed E-state index contributed by atoms with van der Waals surface area (Å²) in [5, 5.41) is -1.40. The number of alkyl halides is 2. The van der Waals surface area contributed by atoms with Crippen molar-refractivity contribution >= 4 is 15.9 Å². The molecule has 1 atom stereocenters. The molecule has 1 aromatic carbocycles. The van der Waals surface area contributed by atoms with E-state index in [4.69, 9.17) is 4.74 Å². The Morgan fingerprint density at radius 2 is 2.17 bits per heavy atom. The van der Waals surface area contributed by atoms with Gasteiger partial charge in [-0.2, -0.15) is 0 Å². The molecule has 1 nitrogen and oxygen atoms in total. The summed E-state index contributed by atoms with van der Waals surface area (Å²) in [6.45, 7) is 0. The van der Waals surface area contributed by atoms with Gasteiger partial charge in [0.25, 0.3) is 0 Å². The number of hydrogen-bond donors (Lipinski definition) is 0. The van der Waals surface area contributed by atoms with Gasteiger partial charge in [-0.3, -0.25) is 0 Å². The third kappa shape index (κ3) is 1.75. The van der Waals surface area contributed by atoms with Crippen molar-refractivity contribution in [3.8, 4) is 5.75 Å². The van der Waals surface area contributed by atoms with Crippen molar-refractivity contribution in [3.63, 3.8) is 0 Å². The molecule has 0 spiro atoms. The van der Waals surface area contributed by atoms with Gasteiger partial charge >= 0.3 is 0 Å². The minimum atomic E-state index is -1.40. The summed E-state index contributed by atoms with van der Waals surface area (Å²) in [4.78, 5) is 0. The normalized spacial score (nSPS) is 12.7. The first kappa shape index (κ1) is 9.45. The molecule has 1 aromatic rings. The number of methoxy groups -OCH3 is 1. The Balaban J connectivity index is 3.18. The number of rotatable bonds is 2. The molecule has 0 radical (unpaired) electrons. The van der Waals surface area contributed by atoms with Crippen LogP contribution < -0.4 is 4.74 Å². The topological polar surface area (TPSA) is 9.23 Å². The summed E-state index contributed by atoms with van der Waals surface area (Å²) in [6.07, 6.45) is 0. The van der Waals surface area contributed by atoms with E-state index in [1.165, 1.54) is 25.3 Å². The predicted octanol–water partition coefficient (Wildman–Crippen LogP) is 3.20. The molecule has 0 aliphatic carbocycles. The minimum absolute atomic E-state index is 0.0538. The molecular weight excluding hydrogens is 230 g/mol. The Kier molecular flexibility index (Phi) is 3.03. The van der Waals surface area contributed by atoms with Crippen LogP contribution in [0.1, 0.15) is 10.6 Å². The van der Waals surface area contributed by atoms with E-state index in [1.807, 2.05) is 0 Å². The van der Waals surface area contributed by atoms with E-state index in [2.05, 4.69) is 15.9 Å². The average molecular weight is 237 g/mol. The quantitative estimate of drug-likeness (QED) is 0.717. The van der Waals surface area contributed by atoms with Gasteiger partial charge < -0.3 is 4.74 Å². The van der Waals surface area contributed by atoms with E-state index >= 15 is 0 Å². The molecule has 1 unspecified atom stereocenters. The van der Waals surface area contributed by atoms with Gasteiger partial charge in [0.05, 0.1) is 7.11 Å². The maximum Gasteiger partial charge on any atom is 0.183 e. The minimum Gasteiger partial charge on any atom is -0.493 e. The van der Waals surface area contributed by atoms with E-state index in [0.717, 1.165) is 0 Å². The largest absolute Gasteiger partial charge is 0.493 e. The average Bonchev–Trinajstić information content (AvgIpc) is 2.03. The highest BCUT2D eigenvalue weighted by Gasteiger charge is 2.14. The lowest BCUT2D eigenvalue weighted by atomic mass is 10.2. The molecule has 0 aromatic heterocycles. The molecule has 0 fully saturated rings. The predicted molar refractivity (Wildman–Crippen MR) is 45.7 cm³/mol. The van der Waals surface area contributed by atoms with E-state index in [0.29, 0.717) is 0 Å². The van der Waals surface area contributed by atoms with Crippen molar-refractivity contribution in [1.29, 1.82) is 0 Å². The third-order valence-corrected chi connectivity index (χ3v) is 1.93. The Bertz CT molecular complexity index is 276. The summed E-state index contributed by atoms with van der Waals surface area (Å²) in [6, 6.07) is 4.11. The maximum atomic E-state index is 12.9. The number of ether oxygens (including phenoxy) is 1. The summed E-state index contributed by atoms with van der Waals surface area (Å²) >= 11 is 2.69. The van der Waals surface area contributed by atoms with Crippen LogP contribution in [0.4, 0.5) is 8.78 Å².